The molecular weight excluding hydrogens is 541 g/mol. The summed E-state index contributed by atoms with van der Waals surface area (Å²) in [4.78, 5) is 36.2. The number of aromatic nitrogens is 2. The van der Waals surface area contributed by atoms with E-state index in [1.165, 1.54) is 12.1 Å². The van der Waals surface area contributed by atoms with Crippen molar-refractivity contribution in [3.05, 3.63) is 83.4 Å². The normalized spacial score (nSPS) is 15.4. The number of nitrogens with zero attached hydrogens (tertiary/aromatic N) is 3. The van der Waals surface area contributed by atoms with Gasteiger partial charge in [0.05, 0.1) is 22.3 Å². The number of piperidine rings is 1. The average molecular weight is 572 g/mol. The highest BCUT2D eigenvalue weighted by atomic mass is 32.2. The van der Waals surface area contributed by atoms with Gasteiger partial charge in [0.15, 0.2) is 0 Å². The molecule has 2 N–H and O–H groups in total. The third-order valence-electron chi connectivity index (χ3n) is 7.78. The number of fused-ring (bicyclic) bond motifs is 2. The molecule has 1 unspecified atom stereocenters. The summed E-state index contributed by atoms with van der Waals surface area (Å²) in [6.07, 6.45) is 5.46. The summed E-state index contributed by atoms with van der Waals surface area (Å²) in [5.41, 5.74) is 5.71. The Balaban J connectivity index is 1.42. The molecule has 5 aromatic rings. The van der Waals surface area contributed by atoms with Crippen LogP contribution in [0.5, 0.6) is 0 Å². The second-order valence-corrected chi connectivity index (χ2v) is 11.1. The number of likely N-dealkylation sites (tertiary alicyclic amines) is 1. The highest BCUT2D eigenvalue weighted by Crippen LogP contribution is 2.42. The van der Waals surface area contributed by atoms with Gasteiger partial charge in [-0.3, -0.25) is 14.6 Å². The van der Waals surface area contributed by atoms with E-state index >= 15 is 0 Å². The van der Waals surface area contributed by atoms with Crippen LogP contribution in [0.15, 0.2) is 65.2 Å². The molecule has 8 nitrogen and oxygen atoms in total. The maximum Gasteiger partial charge on any atom is 0.270 e. The quantitative estimate of drug-likeness (QED) is 0.236. The Bertz CT molecular complexity index is 1730. The molecule has 0 bridgehead atoms. The molecule has 1 aliphatic heterocycles. The molecule has 1 atom stereocenters. The van der Waals surface area contributed by atoms with Crippen molar-refractivity contribution in [3.63, 3.8) is 0 Å². The molecule has 0 aliphatic carbocycles. The Kier molecular flexibility index (Phi) is 7.17. The van der Waals surface area contributed by atoms with Crippen molar-refractivity contribution in [2.24, 2.45) is 0 Å². The van der Waals surface area contributed by atoms with Gasteiger partial charge in [-0.15, -0.1) is 0 Å². The molecule has 0 radical (unpaired) electrons. The molecule has 10 heteroatoms. The van der Waals surface area contributed by atoms with E-state index in [4.69, 9.17) is 4.42 Å². The van der Waals surface area contributed by atoms with E-state index < -0.39 is 0 Å². The van der Waals surface area contributed by atoms with Crippen LogP contribution >= 0.6 is 11.9 Å². The number of halogens is 1. The number of hydrogen-bond donors (Lipinski definition) is 2. The van der Waals surface area contributed by atoms with Crippen LogP contribution in [0.25, 0.3) is 33.3 Å². The molecule has 41 heavy (non-hydrogen) atoms. The Morgan fingerprint density at radius 2 is 2.00 bits per heavy atom. The zero-order valence-electron chi connectivity index (χ0n) is 23.0. The number of benzene rings is 2. The summed E-state index contributed by atoms with van der Waals surface area (Å²) < 4.78 is 22.0. The molecule has 6 rings (SSSR count). The summed E-state index contributed by atoms with van der Waals surface area (Å²) in [6, 6.07) is 15.5. The van der Waals surface area contributed by atoms with Gasteiger partial charge < -0.3 is 23.9 Å². The molecule has 0 saturated carbocycles. The second-order valence-electron chi connectivity index (χ2n) is 10.2. The molecule has 1 fully saturated rings. The summed E-state index contributed by atoms with van der Waals surface area (Å²) in [5, 5.41) is 3.41. The number of amides is 2. The highest BCUT2D eigenvalue weighted by molar-refractivity contribution is 7.99. The molecule has 1 aliphatic rings. The zero-order valence-corrected chi connectivity index (χ0v) is 23.8. The summed E-state index contributed by atoms with van der Waals surface area (Å²) in [5.74, 6) is -0.264. The Hall–Kier alpha value is -4.31. The topological polar surface area (TPSA) is 94.5 Å². The predicted octanol–water partition coefficient (Wildman–Crippen LogP) is 6.21. The van der Waals surface area contributed by atoms with Crippen molar-refractivity contribution in [2.45, 2.75) is 18.8 Å². The minimum absolute atomic E-state index is 0.0471. The Labute approximate surface area is 241 Å². The molecule has 3 aromatic heterocycles. The van der Waals surface area contributed by atoms with Crippen LogP contribution in [0, 0.1) is 5.82 Å². The minimum Gasteiger partial charge on any atom is -0.455 e. The molecule has 0 spiro atoms. The lowest BCUT2D eigenvalue weighted by Gasteiger charge is -2.34. The van der Waals surface area contributed by atoms with Crippen LogP contribution in [-0.2, 0) is 0 Å². The molecule has 1 saturated heterocycles. The fraction of sp³-hybridized carbons (Fsp3) is 0.258. The zero-order chi connectivity index (χ0) is 28.7. The number of hydrogen-bond acceptors (Lipinski definition) is 6. The van der Waals surface area contributed by atoms with Gasteiger partial charge in [0.1, 0.15) is 22.9 Å². The van der Waals surface area contributed by atoms with Crippen LogP contribution in [0.2, 0.25) is 0 Å². The van der Waals surface area contributed by atoms with E-state index in [1.807, 2.05) is 42.5 Å². The number of pyridine rings is 1. The van der Waals surface area contributed by atoms with E-state index in [1.54, 1.807) is 43.4 Å². The number of H-pyrrole nitrogens is 1. The molecule has 210 valence electrons. The number of carbonyl (C=O) groups excluding carboxylic acids is 2. The van der Waals surface area contributed by atoms with E-state index in [-0.39, 0.29) is 23.5 Å². The third kappa shape index (κ3) is 4.93. The van der Waals surface area contributed by atoms with Gasteiger partial charge in [-0.2, -0.15) is 0 Å². The van der Waals surface area contributed by atoms with Crippen molar-refractivity contribution in [3.8, 4) is 11.3 Å². The maximum absolute atomic E-state index is 13.7. The first-order valence-electron chi connectivity index (χ1n) is 13.5. The first-order chi connectivity index (χ1) is 19.9. The number of nitrogens with one attached hydrogen (secondary N) is 2. The summed E-state index contributed by atoms with van der Waals surface area (Å²) in [7, 11) is 3.57. The molecular formula is C31H30FN5O3S. The molecule has 2 amide bonds. The fourth-order valence-corrected chi connectivity index (χ4v) is 6.01. The van der Waals surface area contributed by atoms with Gasteiger partial charge in [0, 0.05) is 62.6 Å². The average Bonchev–Trinajstić information content (AvgIpc) is 3.61. The van der Waals surface area contributed by atoms with Gasteiger partial charge in [0.25, 0.3) is 11.8 Å². The van der Waals surface area contributed by atoms with Crippen molar-refractivity contribution in [1.82, 2.24) is 20.2 Å². The highest BCUT2D eigenvalue weighted by Gasteiger charge is 2.31. The second kappa shape index (κ2) is 10.9. The van der Waals surface area contributed by atoms with Crippen LogP contribution in [-0.4, -0.2) is 60.1 Å². The minimum atomic E-state index is -0.363. The van der Waals surface area contributed by atoms with Crippen molar-refractivity contribution < 1.29 is 18.4 Å². The summed E-state index contributed by atoms with van der Waals surface area (Å²) in [6.45, 7) is 1.21. The van der Waals surface area contributed by atoms with Gasteiger partial charge in [-0.05, 0) is 66.9 Å². The van der Waals surface area contributed by atoms with Crippen LogP contribution in [0.3, 0.4) is 0 Å². The van der Waals surface area contributed by atoms with Gasteiger partial charge in [-0.25, -0.2) is 4.39 Å². The largest absolute Gasteiger partial charge is 0.455 e. The van der Waals surface area contributed by atoms with Crippen LogP contribution in [0.1, 0.15) is 45.2 Å². The summed E-state index contributed by atoms with van der Waals surface area (Å²) >= 11 is 1.57. The first kappa shape index (κ1) is 26.9. The first-order valence-corrected chi connectivity index (χ1v) is 14.7. The monoisotopic (exact) mass is 571 g/mol. The lowest BCUT2D eigenvalue weighted by Crippen LogP contribution is -2.39. The number of anilines is 1. The van der Waals surface area contributed by atoms with Crippen LogP contribution < -0.4 is 9.62 Å². The lowest BCUT2D eigenvalue weighted by molar-refractivity contribution is 0.0702. The van der Waals surface area contributed by atoms with Crippen molar-refractivity contribution >= 4 is 51.5 Å². The van der Waals surface area contributed by atoms with E-state index in [9.17, 15) is 14.0 Å². The molecule has 4 heterocycles. The van der Waals surface area contributed by atoms with Crippen molar-refractivity contribution in [1.29, 1.82) is 0 Å². The van der Waals surface area contributed by atoms with Crippen molar-refractivity contribution in [2.75, 3.05) is 37.7 Å². The number of carbonyl (C=O) groups is 2. The maximum atomic E-state index is 13.7. The SMILES string of the molecule is CNC(=O)c1c(-c2ccc(F)cc2)oc2cc(N(C)SC)c(C3CCCN(C(=O)c4cc5ncccc5[nH]4)C3)cc12. The van der Waals surface area contributed by atoms with E-state index in [2.05, 4.69) is 19.6 Å². The number of furan rings is 1. The van der Waals surface area contributed by atoms with E-state index in [0.717, 1.165) is 35.1 Å². The number of aromatic amines is 1. The standard InChI is InChI=1S/C31H30FN5O3S/c1-33-30(38)28-22-14-21(26(36(2)41-3)16-27(22)40-29(28)18-8-10-20(32)11-9-18)19-6-5-13-37(17-19)31(39)25-15-24-23(35-25)7-4-12-34-24/h4,7-12,14-16,19,35H,5-6,13,17H2,1-3H3,(H,33,38). The smallest absolute Gasteiger partial charge is 0.270 e. The lowest BCUT2D eigenvalue weighted by atomic mass is 9.88. The van der Waals surface area contributed by atoms with Crippen LogP contribution in [0.4, 0.5) is 10.1 Å². The van der Waals surface area contributed by atoms with Gasteiger partial charge in [0.2, 0.25) is 0 Å². The Morgan fingerprint density at radius 1 is 1.20 bits per heavy atom. The predicted molar refractivity (Wildman–Crippen MR) is 161 cm³/mol. The fourth-order valence-electron chi connectivity index (χ4n) is 5.66. The van der Waals surface area contributed by atoms with Gasteiger partial charge >= 0.3 is 0 Å². The Morgan fingerprint density at radius 3 is 2.73 bits per heavy atom. The molecule has 2 aromatic carbocycles. The van der Waals surface area contributed by atoms with Gasteiger partial charge in [-0.1, -0.05) is 11.9 Å². The number of rotatable bonds is 6. The van der Waals surface area contributed by atoms with E-state index in [0.29, 0.717) is 46.6 Å². The third-order valence-corrected chi connectivity index (χ3v) is 8.52.